The van der Waals surface area contributed by atoms with Crippen molar-refractivity contribution >= 4 is 11.7 Å². The maximum atomic E-state index is 12.5. The van der Waals surface area contributed by atoms with Crippen molar-refractivity contribution in [1.29, 1.82) is 0 Å². The second-order valence-corrected chi connectivity index (χ2v) is 6.70. The Hall–Kier alpha value is -3.21. The first-order valence-corrected chi connectivity index (χ1v) is 9.12. The number of likely N-dealkylation sites (tertiary alicyclic amines) is 1. The van der Waals surface area contributed by atoms with Gasteiger partial charge in [-0.15, -0.1) is 0 Å². The largest absolute Gasteiger partial charge is 0.438 e. The molecule has 0 spiro atoms. The van der Waals surface area contributed by atoms with Crippen LogP contribution in [0, 0.1) is 0 Å². The summed E-state index contributed by atoms with van der Waals surface area (Å²) >= 11 is 0. The fourth-order valence-corrected chi connectivity index (χ4v) is 3.42. The maximum Gasteiger partial charge on any atom is 0.268 e. The first-order valence-electron chi connectivity index (χ1n) is 9.12. The van der Waals surface area contributed by atoms with Crippen molar-refractivity contribution in [1.82, 2.24) is 9.88 Å². The number of carbonyl (C=O) groups excluding carboxylic acids is 2. The molecule has 136 valence electrons. The Bertz CT molecular complexity index is 926. The average Bonchev–Trinajstić information content (AvgIpc) is 3.24. The second kappa shape index (κ2) is 7.58. The van der Waals surface area contributed by atoms with E-state index in [0.717, 1.165) is 18.6 Å². The minimum Gasteiger partial charge on any atom is -0.438 e. The number of hydrogen-bond acceptors (Lipinski definition) is 4. The van der Waals surface area contributed by atoms with Crippen LogP contribution in [0.3, 0.4) is 0 Å². The lowest BCUT2D eigenvalue weighted by Gasteiger charge is -2.31. The van der Waals surface area contributed by atoms with Crippen LogP contribution in [0.5, 0.6) is 0 Å². The van der Waals surface area contributed by atoms with Gasteiger partial charge in [0.15, 0.2) is 0 Å². The highest BCUT2D eigenvalue weighted by molar-refractivity contribution is 6.05. The molecule has 0 aliphatic carbocycles. The molecular formula is C22H20N2O3. The predicted molar refractivity (Wildman–Crippen MR) is 101 cm³/mol. The molecule has 2 aromatic carbocycles. The van der Waals surface area contributed by atoms with E-state index < -0.39 is 0 Å². The number of carbonyl (C=O) groups is 2. The van der Waals surface area contributed by atoms with E-state index in [2.05, 4.69) is 4.98 Å². The van der Waals surface area contributed by atoms with E-state index in [1.807, 2.05) is 53.4 Å². The Morgan fingerprint density at radius 1 is 0.889 bits per heavy atom. The molecule has 1 aliphatic rings. The third-order valence-electron chi connectivity index (χ3n) is 4.96. The topological polar surface area (TPSA) is 63.4 Å². The quantitative estimate of drug-likeness (QED) is 0.662. The van der Waals surface area contributed by atoms with E-state index in [-0.39, 0.29) is 23.5 Å². The zero-order chi connectivity index (χ0) is 18.6. The van der Waals surface area contributed by atoms with Gasteiger partial charge in [-0.05, 0) is 25.0 Å². The van der Waals surface area contributed by atoms with Crippen LogP contribution in [0.4, 0.5) is 0 Å². The lowest BCUT2D eigenvalue weighted by Crippen LogP contribution is -2.37. The zero-order valence-electron chi connectivity index (χ0n) is 14.9. The summed E-state index contributed by atoms with van der Waals surface area (Å²) < 4.78 is 5.76. The van der Waals surface area contributed by atoms with Crippen molar-refractivity contribution in [2.24, 2.45) is 0 Å². The number of ketones is 1. The number of benzene rings is 2. The van der Waals surface area contributed by atoms with Crippen molar-refractivity contribution in [2.45, 2.75) is 18.8 Å². The highest BCUT2D eigenvalue weighted by Crippen LogP contribution is 2.29. The highest BCUT2D eigenvalue weighted by Gasteiger charge is 2.27. The third-order valence-corrected chi connectivity index (χ3v) is 4.96. The van der Waals surface area contributed by atoms with Crippen LogP contribution in [0.15, 0.2) is 71.3 Å². The summed E-state index contributed by atoms with van der Waals surface area (Å²) in [4.78, 5) is 31.0. The number of oxazole rings is 1. The molecule has 0 radical (unpaired) electrons. The molecule has 0 unspecified atom stereocenters. The Labute approximate surface area is 157 Å². The van der Waals surface area contributed by atoms with E-state index in [0.29, 0.717) is 24.2 Å². The van der Waals surface area contributed by atoms with Crippen LogP contribution in [0.2, 0.25) is 0 Å². The summed E-state index contributed by atoms with van der Waals surface area (Å²) in [6.45, 7) is 1.34. The SMILES string of the molecule is O=C(c1ccccc1)c1ncc(C2CCN(C(=O)c3ccccc3)CC2)o1. The highest BCUT2D eigenvalue weighted by atomic mass is 16.4. The summed E-state index contributed by atoms with van der Waals surface area (Å²) in [5, 5.41) is 0. The van der Waals surface area contributed by atoms with E-state index in [1.54, 1.807) is 18.3 Å². The van der Waals surface area contributed by atoms with Crippen LogP contribution in [0.1, 0.15) is 51.1 Å². The molecule has 0 N–H and O–H groups in total. The van der Waals surface area contributed by atoms with Gasteiger partial charge in [0, 0.05) is 30.1 Å². The fourth-order valence-electron chi connectivity index (χ4n) is 3.42. The van der Waals surface area contributed by atoms with Gasteiger partial charge in [-0.3, -0.25) is 9.59 Å². The maximum absolute atomic E-state index is 12.5. The minimum atomic E-state index is -0.210. The van der Waals surface area contributed by atoms with Gasteiger partial charge in [0.2, 0.25) is 5.78 Å². The number of nitrogens with zero attached hydrogens (tertiary/aromatic N) is 2. The lowest BCUT2D eigenvalue weighted by atomic mass is 9.94. The molecule has 1 aromatic heterocycles. The van der Waals surface area contributed by atoms with E-state index in [9.17, 15) is 9.59 Å². The fraction of sp³-hybridized carbons (Fsp3) is 0.227. The smallest absolute Gasteiger partial charge is 0.268 e. The van der Waals surface area contributed by atoms with E-state index >= 15 is 0 Å². The number of hydrogen-bond donors (Lipinski definition) is 0. The number of piperidine rings is 1. The van der Waals surface area contributed by atoms with Gasteiger partial charge in [-0.2, -0.15) is 0 Å². The number of aromatic nitrogens is 1. The van der Waals surface area contributed by atoms with Gasteiger partial charge in [0.25, 0.3) is 11.8 Å². The van der Waals surface area contributed by atoms with E-state index in [4.69, 9.17) is 4.42 Å². The second-order valence-electron chi connectivity index (χ2n) is 6.70. The molecule has 5 nitrogen and oxygen atoms in total. The lowest BCUT2D eigenvalue weighted by molar-refractivity contribution is 0.0707. The Morgan fingerprint density at radius 3 is 2.11 bits per heavy atom. The monoisotopic (exact) mass is 360 g/mol. The summed E-state index contributed by atoms with van der Waals surface area (Å²) in [6.07, 6.45) is 3.25. The first kappa shape index (κ1) is 17.2. The molecule has 1 saturated heterocycles. The first-order chi connectivity index (χ1) is 13.2. The Kier molecular flexibility index (Phi) is 4.83. The van der Waals surface area contributed by atoms with Crippen LogP contribution in [-0.2, 0) is 0 Å². The molecule has 0 saturated carbocycles. The molecule has 2 heterocycles. The van der Waals surface area contributed by atoms with Crippen molar-refractivity contribution in [3.63, 3.8) is 0 Å². The van der Waals surface area contributed by atoms with Crippen molar-refractivity contribution in [3.8, 4) is 0 Å². The van der Waals surface area contributed by atoms with Crippen LogP contribution >= 0.6 is 0 Å². The normalized spacial score (nSPS) is 14.9. The molecule has 1 amide bonds. The molecule has 1 fully saturated rings. The molecular weight excluding hydrogens is 340 g/mol. The van der Waals surface area contributed by atoms with Gasteiger partial charge >= 0.3 is 0 Å². The zero-order valence-corrected chi connectivity index (χ0v) is 14.9. The average molecular weight is 360 g/mol. The third kappa shape index (κ3) is 3.67. The van der Waals surface area contributed by atoms with E-state index in [1.165, 1.54) is 0 Å². The minimum absolute atomic E-state index is 0.0616. The summed E-state index contributed by atoms with van der Waals surface area (Å²) in [5.41, 5.74) is 1.28. The molecule has 27 heavy (non-hydrogen) atoms. The van der Waals surface area contributed by atoms with Gasteiger partial charge in [-0.1, -0.05) is 48.5 Å². The molecule has 3 aromatic rings. The van der Waals surface area contributed by atoms with Crippen molar-refractivity contribution in [2.75, 3.05) is 13.1 Å². The van der Waals surface area contributed by atoms with Crippen LogP contribution in [0.25, 0.3) is 0 Å². The summed E-state index contributed by atoms with van der Waals surface area (Å²) in [6, 6.07) is 18.3. The predicted octanol–water partition coefficient (Wildman–Crippen LogP) is 3.93. The van der Waals surface area contributed by atoms with Crippen LogP contribution < -0.4 is 0 Å². The molecule has 4 rings (SSSR count). The van der Waals surface area contributed by atoms with Crippen LogP contribution in [-0.4, -0.2) is 34.7 Å². The van der Waals surface area contributed by atoms with Crippen molar-refractivity contribution in [3.05, 3.63) is 89.6 Å². The van der Waals surface area contributed by atoms with Crippen molar-refractivity contribution < 1.29 is 14.0 Å². The molecule has 5 heteroatoms. The number of rotatable bonds is 4. The van der Waals surface area contributed by atoms with Gasteiger partial charge in [0.1, 0.15) is 5.76 Å². The molecule has 0 bridgehead atoms. The standard InChI is InChI=1S/C22H20N2O3/c25-20(17-7-3-1-4-8-17)21-23-15-19(27-21)16-11-13-24(14-12-16)22(26)18-9-5-2-6-10-18/h1-10,15-16H,11-14H2. The number of amides is 1. The van der Waals surface area contributed by atoms with Gasteiger partial charge in [0.05, 0.1) is 6.20 Å². The van der Waals surface area contributed by atoms with Gasteiger partial charge in [-0.25, -0.2) is 4.98 Å². The Balaban J connectivity index is 1.40. The Morgan fingerprint density at radius 2 is 1.48 bits per heavy atom. The molecule has 0 atom stereocenters. The summed E-state index contributed by atoms with van der Waals surface area (Å²) in [7, 11) is 0. The van der Waals surface area contributed by atoms with Gasteiger partial charge < -0.3 is 9.32 Å². The molecule has 1 aliphatic heterocycles. The summed E-state index contributed by atoms with van der Waals surface area (Å²) in [5.74, 6) is 0.875.